The minimum Gasteiger partial charge on any atom is -0.352 e. The molecule has 25 heavy (non-hydrogen) atoms. The number of anilines is 1. The van der Waals surface area contributed by atoms with Gasteiger partial charge in [0.15, 0.2) is 5.13 Å². The van der Waals surface area contributed by atoms with Crippen LogP contribution in [-0.2, 0) is 17.8 Å². The molecule has 0 bridgehead atoms. The molecule has 0 saturated heterocycles. The van der Waals surface area contributed by atoms with Gasteiger partial charge in [-0.3, -0.25) is 15.1 Å². The minimum absolute atomic E-state index is 0.115. The molecule has 0 atom stereocenters. The first-order chi connectivity index (χ1) is 12.2. The second kappa shape index (κ2) is 8.57. The number of thiazole rings is 1. The van der Waals surface area contributed by atoms with Gasteiger partial charge >= 0.3 is 6.03 Å². The number of nitrogens with zero attached hydrogens (tertiary/aromatic N) is 2. The molecular weight excluding hydrogens is 338 g/mol. The average molecular weight is 359 g/mol. The highest BCUT2D eigenvalue weighted by atomic mass is 32.1. The third-order valence-corrected chi connectivity index (χ3v) is 4.82. The van der Waals surface area contributed by atoms with Crippen LogP contribution < -0.4 is 16.0 Å². The fourth-order valence-electron chi connectivity index (χ4n) is 2.76. The summed E-state index contributed by atoms with van der Waals surface area (Å²) < 4.78 is 0. The van der Waals surface area contributed by atoms with Gasteiger partial charge < -0.3 is 10.6 Å². The molecule has 3 N–H and O–H groups in total. The van der Waals surface area contributed by atoms with Crippen LogP contribution in [0, 0.1) is 0 Å². The normalized spacial score (nSPS) is 14.2. The third kappa shape index (κ3) is 5.53. The van der Waals surface area contributed by atoms with E-state index in [-0.39, 0.29) is 24.4 Å². The molecule has 1 fully saturated rings. The molecule has 0 spiro atoms. The first-order valence-corrected chi connectivity index (χ1v) is 9.24. The maximum Gasteiger partial charge on any atom is 0.321 e. The topological polar surface area (TPSA) is 96.0 Å². The van der Waals surface area contributed by atoms with E-state index in [4.69, 9.17) is 0 Å². The van der Waals surface area contributed by atoms with Crippen molar-refractivity contribution < 1.29 is 9.59 Å². The number of aromatic nitrogens is 2. The average Bonchev–Trinajstić information content (AvgIpc) is 3.26. The van der Waals surface area contributed by atoms with Crippen molar-refractivity contribution in [1.29, 1.82) is 0 Å². The van der Waals surface area contributed by atoms with Crippen molar-refractivity contribution in [2.75, 3.05) is 5.32 Å². The van der Waals surface area contributed by atoms with Crippen LogP contribution in [0.5, 0.6) is 0 Å². The molecular formula is C17H21N5O2S. The summed E-state index contributed by atoms with van der Waals surface area (Å²) in [6.07, 6.45) is 8.00. The summed E-state index contributed by atoms with van der Waals surface area (Å²) in [5, 5.41) is 10.8. The number of carbonyl (C=O) groups excluding carboxylic acids is 2. The Morgan fingerprint density at radius 1 is 1.28 bits per heavy atom. The second-order valence-corrected chi connectivity index (χ2v) is 6.90. The summed E-state index contributed by atoms with van der Waals surface area (Å²) in [6, 6.07) is 3.77. The number of carbonyl (C=O) groups is 2. The standard InChI is InChI=1S/C17H21N5O2S/c23-15(19-10-12-4-3-7-18-9-12)8-14-11-25-17(21-14)22-16(24)20-13-5-1-2-6-13/h3-4,7,9,11,13H,1-2,5-6,8,10H2,(H,19,23)(H2,20,21,22,24). The fourth-order valence-corrected chi connectivity index (χ4v) is 3.47. The van der Waals surface area contributed by atoms with E-state index in [2.05, 4.69) is 25.9 Å². The van der Waals surface area contributed by atoms with Crippen LogP contribution in [0.25, 0.3) is 0 Å². The van der Waals surface area contributed by atoms with Gasteiger partial charge in [-0.2, -0.15) is 0 Å². The fraction of sp³-hybridized carbons (Fsp3) is 0.412. The molecule has 3 rings (SSSR count). The lowest BCUT2D eigenvalue weighted by Gasteiger charge is -2.11. The Hall–Kier alpha value is -2.48. The molecule has 1 saturated carbocycles. The molecule has 8 heteroatoms. The zero-order chi connectivity index (χ0) is 17.5. The number of pyridine rings is 1. The molecule has 0 aromatic carbocycles. The quantitative estimate of drug-likeness (QED) is 0.738. The van der Waals surface area contributed by atoms with Crippen molar-refractivity contribution in [3.05, 3.63) is 41.2 Å². The van der Waals surface area contributed by atoms with Gasteiger partial charge in [-0.15, -0.1) is 11.3 Å². The van der Waals surface area contributed by atoms with Crippen LogP contribution in [0.15, 0.2) is 29.9 Å². The van der Waals surface area contributed by atoms with E-state index < -0.39 is 0 Å². The van der Waals surface area contributed by atoms with Gasteiger partial charge in [-0.25, -0.2) is 9.78 Å². The van der Waals surface area contributed by atoms with Gasteiger partial charge in [0.2, 0.25) is 5.91 Å². The lowest BCUT2D eigenvalue weighted by molar-refractivity contribution is -0.120. The summed E-state index contributed by atoms with van der Waals surface area (Å²) in [6.45, 7) is 0.436. The molecule has 1 aliphatic rings. The summed E-state index contributed by atoms with van der Waals surface area (Å²) in [5.74, 6) is -0.115. The van der Waals surface area contributed by atoms with Gasteiger partial charge in [-0.05, 0) is 24.5 Å². The minimum atomic E-state index is -0.228. The first kappa shape index (κ1) is 17.3. The highest BCUT2D eigenvalue weighted by Gasteiger charge is 2.17. The van der Waals surface area contributed by atoms with Crippen LogP contribution >= 0.6 is 11.3 Å². The van der Waals surface area contributed by atoms with Crippen molar-refractivity contribution in [2.24, 2.45) is 0 Å². The largest absolute Gasteiger partial charge is 0.352 e. The summed E-state index contributed by atoms with van der Waals surface area (Å²) in [7, 11) is 0. The van der Waals surface area contributed by atoms with Crippen LogP contribution in [0.3, 0.4) is 0 Å². The van der Waals surface area contributed by atoms with E-state index >= 15 is 0 Å². The van der Waals surface area contributed by atoms with E-state index in [1.807, 2.05) is 12.1 Å². The number of amides is 3. The monoisotopic (exact) mass is 359 g/mol. The van der Waals surface area contributed by atoms with E-state index in [1.165, 1.54) is 24.2 Å². The van der Waals surface area contributed by atoms with Crippen molar-refractivity contribution in [1.82, 2.24) is 20.6 Å². The summed E-state index contributed by atoms with van der Waals surface area (Å²) in [4.78, 5) is 32.2. The van der Waals surface area contributed by atoms with E-state index in [0.717, 1.165) is 18.4 Å². The predicted octanol–water partition coefficient (Wildman–Crippen LogP) is 2.46. The van der Waals surface area contributed by atoms with Gasteiger partial charge in [0.05, 0.1) is 12.1 Å². The molecule has 0 radical (unpaired) electrons. The van der Waals surface area contributed by atoms with Gasteiger partial charge in [0.1, 0.15) is 0 Å². The Bertz CT molecular complexity index is 713. The predicted molar refractivity (Wildman–Crippen MR) is 96.3 cm³/mol. The number of urea groups is 1. The van der Waals surface area contributed by atoms with E-state index in [0.29, 0.717) is 17.4 Å². The third-order valence-electron chi connectivity index (χ3n) is 4.02. The van der Waals surface area contributed by atoms with Crippen molar-refractivity contribution in [3.8, 4) is 0 Å². The Kier molecular flexibility index (Phi) is 5.95. The molecule has 2 aromatic rings. The Morgan fingerprint density at radius 2 is 2.12 bits per heavy atom. The molecule has 2 aromatic heterocycles. The first-order valence-electron chi connectivity index (χ1n) is 8.36. The SMILES string of the molecule is O=C(Cc1csc(NC(=O)NC2CCCC2)n1)NCc1cccnc1. The highest BCUT2D eigenvalue weighted by molar-refractivity contribution is 7.13. The van der Waals surface area contributed by atoms with E-state index in [1.54, 1.807) is 17.8 Å². The number of hydrogen-bond donors (Lipinski definition) is 3. The summed E-state index contributed by atoms with van der Waals surface area (Å²) >= 11 is 1.32. The highest BCUT2D eigenvalue weighted by Crippen LogP contribution is 2.19. The zero-order valence-electron chi connectivity index (χ0n) is 13.8. The second-order valence-electron chi connectivity index (χ2n) is 6.04. The van der Waals surface area contributed by atoms with Crippen molar-refractivity contribution in [2.45, 2.75) is 44.7 Å². The number of rotatable bonds is 6. The molecule has 2 heterocycles. The zero-order valence-corrected chi connectivity index (χ0v) is 14.6. The molecule has 0 unspecified atom stereocenters. The van der Waals surface area contributed by atoms with Crippen LogP contribution in [0.4, 0.5) is 9.93 Å². The lowest BCUT2D eigenvalue weighted by atomic mass is 10.2. The number of hydrogen-bond acceptors (Lipinski definition) is 5. The molecule has 0 aliphatic heterocycles. The van der Waals surface area contributed by atoms with Crippen LogP contribution in [0.2, 0.25) is 0 Å². The molecule has 132 valence electrons. The maximum absolute atomic E-state index is 12.0. The lowest BCUT2D eigenvalue weighted by Crippen LogP contribution is -2.36. The van der Waals surface area contributed by atoms with Crippen molar-refractivity contribution in [3.63, 3.8) is 0 Å². The molecule has 7 nitrogen and oxygen atoms in total. The molecule has 3 amide bonds. The maximum atomic E-state index is 12.0. The molecule has 1 aliphatic carbocycles. The van der Waals surface area contributed by atoms with E-state index in [9.17, 15) is 9.59 Å². The van der Waals surface area contributed by atoms with Gasteiger partial charge in [0, 0.05) is 30.4 Å². The van der Waals surface area contributed by atoms with Gasteiger partial charge in [0.25, 0.3) is 0 Å². The Labute approximate surface area is 150 Å². The Morgan fingerprint density at radius 3 is 2.88 bits per heavy atom. The smallest absolute Gasteiger partial charge is 0.321 e. The van der Waals surface area contributed by atoms with Crippen LogP contribution in [-0.4, -0.2) is 27.9 Å². The Balaban J connectivity index is 1.42. The van der Waals surface area contributed by atoms with Gasteiger partial charge in [-0.1, -0.05) is 18.9 Å². The summed E-state index contributed by atoms with van der Waals surface area (Å²) in [5.41, 5.74) is 1.59. The van der Waals surface area contributed by atoms with Crippen molar-refractivity contribution >= 4 is 28.4 Å². The number of nitrogens with one attached hydrogen (secondary N) is 3. The van der Waals surface area contributed by atoms with Crippen LogP contribution in [0.1, 0.15) is 36.9 Å².